The molecule has 0 spiro atoms. The van der Waals surface area contributed by atoms with E-state index in [0.29, 0.717) is 12.0 Å². The Labute approximate surface area is 198 Å². The van der Waals surface area contributed by atoms with Gasteiger partial charge < -0.3 is 14.2 Å². The molecular formula is C28H38N4O. The molecule has 2 aromatic heterocycles. The van der Waals surface area contributed by atoms with E-state index in [2.05, 4.69) is 70.0 Å². The summed E-state index contributed by atoms with van der Waals surface area (Å²) in [6, 6.07) is 16.1. The van der Waals surface area contributed by atoms with E-state index in [9.17, 15) is 0 Å². The van der Waals surface area contributed by atoms with Gasteiger partial charge in [-0.1, -0.05) is 18.2 Å². The zero-order valence-corrected chi connectivity index (χ0v) is 20.2. The molecule has 5 rings (SSSR count). The molecule has 2 atom stereocenters. The largest absolute Gasteiger partial charge is 0.383 e. The van der Waals surface area contributed by atoms with E-state index in [0.717, 1.165) is 38.4 Å². The lowest BCUT2D eigenvalue weighted by atomic mass is 9.96. The Morgan fingerprint density at radius 1 is 0.939 bits per heavy atom. The van der Waals surface area contributed by atoms with Gasteiger partial charge in [0, 0.05) is 68.2 Å². The zero-order valence-electron chi connectivity index (χ0n) is 20.2. The van der Waals surface area contributed by atoms with Crippen LogP contribution >= 0.6 is 0 Å². The predicted molar refractivity (Wildman–Crippen MR) is 136 cm³/mol. The predicted octanol–water partition coefficient (Wildman–Crippen LogP) is 5.23. The molecule has 2 aliphatic rings. The third-order valence-corrected chi connectivity index (χ3v) is 7.72. The van der Waals surface area contributed by atoms with E-state index in [4.69, 9.17) is 9.72 Å². The molecule has 0 saturated carbocycles. The average Bonchev–Trinajstić information content (AvgIpc) is 3.37. The summed E-state index contributed by atoms with van der Waals surface area (Å²) < 4.78 is 7.79. The van der Waals surface area contributed by atoms with Crippen molar-refractivity contribution in [1.82, 2.24) is 14.5 Å². The first-order chi connectivity index (χ1) is 16.2. The molecule has 0 bridgehead atoms. The van der Waals surface area contributed by atoms with Gasteiger partial charge in [-0.05, 0) is 75.4 Å². The molecular weight excluding hydrogens is 408 g/mol. The van der Waals surface area contributed by atoms with Crippen LogP contribution in [-0.4, -0.2) is 60.4 Å². The van der Waals surface area contributed by atoms with E-state index in [1.807, 2.05) is 7.11 Å². The number of rotatable bonds is 7. The highest BCUT2D eigenvalue weighted by Gasteiger charge is 2.24. The van der Waals surface area contributed by atoms with Gasteiger partial charge in [-0.3, -0.25) is 4.90 Å². The van der Waals surface area contributed by atoms with Crippen molar-refractivity contribution in [2.75, 3.05) is 44.8 Å². The fraction of sp³-hybridized carbons (Fsp3) is 0.536. The van der Waals surface area contributed by atoms with Crippen molar-refractivity contribution in [3.63, 3.8) is 0 Å². The van der Waals surface area contributed by atoms with E-state index in [1.165, 1.54) is 61.0 Å². The molecule has 5 heteroatoms. The molecule has 2 fully saturated rings. The fourth-order valence-electron chi connectivity index (χ4n) is 5.84. The molecule has 0 aliphatic carbocycles. The molecule has 2 unspecified atom stereocenters. The average molecular weight is 447 g/mol. The van der Waals surface area contributed by atoms with Gasteiger partial charge in [-0.2, -0.15) is 0 Å². The maximum absolute atomic E-state index is 5.43. The number of hydrogen-bond donors (Lipinski definition) is 0. The summed E-state index contributed by atoms with van der Waals surface area (Å²) in [5.41, 5.74) is 5.19. The molecule has 33 heavy (non-hydrogen) atoms. The van der Waals surface area contributed by atoms with Crippen molar-refractivity contribution in [1.29, 1.82) is 0 Å². The molecule has 2 aliphatic heterocycles. The maximum atomic E-state index is 5.43. The SMILES string of the molecule is COCC1CCCN1CCn1ccc2ccc(C3CCCN(c4ccccc4C)CC3)nc21. The van der Waals surface area contributed by atoms with Crippen LogP contribution in [0.3, 0.4) is 0 Å². The van der Waals surface area contributed by atoms with Gasteiger partial charge >= 0.3 is 0 Å². The van der Waals surface area contributed by atoms with Crippen LogP contribution in [0.1, 0.15) is 49.3 Å². The summed E-state index contributed by atoms with van der Waals surface area (Å²) in [6.45, 7) is 8.55. The van der Waals surface area contributed by atoms with Gasteiger partial charge in [-0.15, -0.1) is 0 Å². The summed E-state index contributed by atoms with van der Waals surface area (Å²) in [5.74, 6) is 0.538. The number of methoxy groups -OCH3 is 1. The van der Waals surface area contributed by atoms with Crippen LogP contribution in [0.4, 0.5) is 5.69 Å². The highest BCUT2D eigenvalue weighted by Crippen LogP contribution is 2.31. The first kappa shape index (κ1) is 22.4. The van der Waals surface area contributed by atoms with E-state index < -0.39 is 0 Å². The number of aromatic nitrogens is 2. The Balaban J connectivity index is 1.28. The molecule has 5 nitrogen and oxygen atoms in total. The highest BCUT2D eigenvalue weighted by molar-refractivity contribution is 5.76. The molecule has 0 radical (unpaired) electrons. The zero-order chi connectivity index (χ0) is 22.6. The monoisotopic (exact) mass is 446 g/mol. The summed E-state index contributed by atoms with van der Waals surface area (Å²) in [7, 11) is 1.81. The van der Waals surface area contributed by atoms with Gasteiger partial charge in [0.2, 0.25) is 0 Å². The minimum atomic E-state index is 0.538. The quantitative estimate of drug-likeness (QED) is 0.498. The Bertz CT molecular complexity index is 1060. The number of anilines is 1. The van der Waals surface area contributed by atoms with E-state index >= 15 is 0 Å². The lowest BCUT2D eigenvalue weighted by Crippen LogP contribution is -2.35. The Morgan fingerprint density at radius 3 is 2.70 bits per heavy atom. The molecule has 3 aromatic rings. The van der Waals surface area contributed by atoms with Crippen molar-refractivity contribution < 1.29 is 4.74 Å². The van der Waals surface area contributed by atoms with Crippen LogP contribution in [0.25, 0.3) is 11.0 Å². The van der Waals surface area contributed by atoms with Crippen LogP contribution in [0.2, 0.25) is 0 Å². The van der Waals surface area contributed by atoms with Gasteiger partial charge in [-0.25, -0.2) is 4.98 Å². The first-order valence-electron chi connectivity index (χ1n) is 12.7. The summed E-state index contributed by atoms with van der Waals surface area (Å²) in [6.07, 6.45) is 8.35. The molecule has 176 valence electrons. The molecule has 2 saturated heterocycles. The molecule has 4 heterocycles. The number of aryl methyl sites for hydroxylation is 1. The second kappa shape index (κ2) is 10.3. The van der Waals surface area contributed by atoms with E-state index in [-0.39, 0.29) is 0 Å². The van der Waals surface area contributed by atoms with Crippen LogP contribution in [0.5, 0.6) is 0 Å². The lowest BCUT2D eigenvalue weighted by Gasteiger charge is -2.24. The number of ether oxygens (including phenoxy) is 1. The molecule has 0 amide bonds. The fourth-order valence-corrected chi connectivity index (χ4v) is 5.84. The first-order valence-corrected chi connectivity index (χ1v) is 12.7. The van der Waals surface area contributed by atoms with Gasteiger partial charge in [0.1, 0.15) is 5.65 Å². The standard InChI is InChI=1S/C28H38N4O/c1-22-7-3-4-10-27(22)31-16-5-8-23(13-17-31)26-12-11-24-14-18-32(28(24)29-26)20-19-30-15-6-9-25(30)21-33-2/h3-4,7,10-12,14,18,23,25H,5-6,8-9,13,15-17,19-21H2,1-2H3. The summed E-state index contributed by atoms with van der Waals surface area (Å²) >= 11 is 0. The molecule has 1 aromatic carbocycles. The smallest absolute Gasteiger partial charge is 0.140 e. The van der Waals surface area contributed by atoms with Crippen LogP contribution < -0.4 is 4.90 Å². The Morgan fingerprint density at radius 2 is 1.82 bits per heavy atom. The van der Waals surface area contributed by atoms with Gasteiger partial charge in [0.25, 0.3) is 0 Å². The van der Waals surface area contributed by atoms with Crippen molar-refractivity contribution in [3.8, 4) is 0 Å². The van der Waals surface area contributed by atoms with Crippen molar-refractivity contribution >= 4 is 16.7 Å². The minimum Gasteiger partial charge on any atom is -0.383 e. The van der Waals surface area contributed by atoms with E-state index in [1.54, 1.807) is 0 Å². The number of para-hydroxylation sites is 1. The Kier molecular flexibility index (Phi) is 6.98. The lowest BCUT2D eigenvalue weighted by molar-refractivity contribution is 0.113. The third-order valence-electron chi connectivity index (χ3n) is 7.72. The minimum absolute atomic E-state index is 0.538. The normalized spacial score (nSPS) is 22.2. The summed E-state index contributed by atoms with van der Waals surface area (Å²) in [5, 5.41) is 1.25. The number of fused-ring (bicyclic) bond motifs is 1. The van der Waals surface area contributed by atoms with Gasteiger partial charge in [0.15, 0.2) is 0 Å². The topological polar surface area (TPSA) is 33.5 Å². The number of hydrogen-bond acceptors (Lipinski definition) is 4. The summed E-state index contributed by atoms with van der Waals surface area (Å²) in [4.78, 5) is 10.4. The molecule has 0 N–H and O–H groups in total. The highest BCUT2D eigenvalue weighted by atomic mass is 16.5. The van der Waals surface area contributed by atoms with Crippen molar-refractivity contribution in [2.24, 2.45) is 0 Å². The third kappa shape index (κ3) is 4.95. The van der Waals surface area contributed by atoms with Gasteiger partial charge in [0.05, 0.1) is 6.61 Å². The number of likely N-dealkylation sites (tertiary alicyclic amines) is 1. The van der Waals surface area contributed by atoms with Crippen LogP contribution in [0.15, 0.2) is 48.7 Å². The van der Waals surface area contributed by atoms with Crippen molar-refractivity contribution in [2.45, 2.75) is 57.5 Å². The number of pyridine rings is 1. The number of nitrogens with zero attached hydrogens (tertiary/aromatic N) is 4. The maximum Gasteiger partial charge on any atom is 0.140 e. The second-order valence-corrected chi connectivity index (χ2v) is 9.85. The second-order valence-electron chi connectivity index (χ2n) is 9.85. The number of benzene rings is 1. The van der Waals surface area contributed by atoms with Crippen LogP contribution in [-0.2, 0) is 11.3 Å². The van der Waals surface area contributed by atoms with Crippen molar-refractivity contribution in [3.05, 3.63) is 59.9 Å². The van der Waals surface area contributed by atoms with Crippen LogP contribution in [0, 0.1) is 6.92 Å². The Hall–Kier alpha value is -2.37.